The summed E-state index contributed by atoms with van der Waals surface area (Å²) in [6.07, 6.45) is 0. The van der Waals surface area contributed by atoms with Gasteiger partial charge in [-0.25, -0.2) is 0 Å². The number of nitrogens with zero attached hydrogens (tertiary/aromatic N) is 2. The SMILES string of the molecule is CC1(C)c2ccccc2N(c2ccccc2)c2ccc(-c3cc4c5c(c3)N(c3c(-c6cccc(-c7ccccc7)c6)cccc3-c3cccc(-c6ccccc6)c3)c3ccc(-c6ccccc6)cc3B5c3cc(-c5ccccc5)ccc3O4)cc21. The number of hydrogen-bond acceptors (Lipinski definition) is 3. The minimum absolute atomic E-state index is 0.182. The summed E-state index contributed by atoms with van der Waals surface area (Å²) >= 11 is 0. The third-order valence-corrected chi connectivity index (χ3v) is 17.9. The van der Waals surface area contributed by atoms with Crippen LogP contribution >= 0.6 is 0 Å². The zero-order chi connectivity index (χ0) is 56.6. The van der Waals surface area contributed by atoms with Gasteiger partial charge in [-0.1, -0.05) is 257 Å². The normalized spacial score (nSPS) is 13.2. The van der Waals surface area contributed by atoms with Gasteiger partial charge in [0.2, 0.25) is 0 Å². The van der Waals surface area contributed by atoms with E-state index >= 15 is 0 Å². The first kappa shape index (κ1) is 50.1. The molecule has 0 amide bonds. The van der Waals surface area contributed by atoms with E-state index in [1.54, 1.807) is 0 Å². The standard InChI is InChI=1S/C81H57BN2O/c1-81(2)69-39-18-19-40-73(69)83(66-35-16-7-17-36-66)74-44-41-60(49-70(74)81)65-52-76-79-78(53-65)85-77-46-43-62(57-29-14-6-15-30-57)51-72(77)82(79)71-50-61(56-27-12-5-13-28-56)42-45-75(71)84(76)80-67(63-33-20-31-58(47-63)54-23-8-3-9-24-54)37-22-38-68(80)64-34-21-32-59(48-64)55-25-10-4-11-26-55/h3-53H,1-2H3. The van der Waals surface area contributed by atoms with Crippen molar-refractivity contribution in [1.29, 1.82) is 0 Å². The van der Waals surface area contributed by atoms with Gasteiger partial charge in [-0.3, -0.25) is 0 Å². The molecule has 0 radical (unpaired) electrons. The Hall–Kier alpha value is -10.7. The number of anilines is 6. The molecule has 3 aliphatic heterocycles. The van der Waals surface area contributed by atoms with E-state index in [0.29, 0.717) is 0 Å². The summed E-state index contributed by atoms with van der Waals surface area (Å²) < 4.78 is 7.49. The van der Waals surface area contributed by atoms with Gasteiger partial charge >= 0.3 is 0 Å². The highest BCUT2D eigenvalue weighted by atomic mass is 16.5. The van der Waals surface area contributed by atoms with E-state index in [-0.39, 0.29) is 12.1 Å². The molecule has 0 N–H and O–H groups in total. The first-order valence-electron chi connectivity index (χ1n) is 29.5. The molecular formula is C81H57BN2O. The van der Waals surface area contributed by atoms with Crippen LogP contribution in [0.15, 0.2) is 309 Å². The third kappa shape index (κ3) is 8.51. The molecule has 3 heterocycles. The molecule has 0 saturated heterocycles. The van der Waals surface area contributed by atoms with Crippen molar-refractivity contribution < 1.29 is 4.74 Å². The molecule has 0 spiro atoms. The first-order chi connectivity index (χ1) is 41.9. The minimum atomic E-state index is -0.315. The number of ether oxygens (including phenoxy) is 1. The fourth-order valence-electron chi connectivity index (χ4n) is 13.8. The lowest BCUT2D eigenvalue weighted by Crippen LogP contribution is -2.59. The minimum Gasteiger partial charge on any atom is -0.458 e. The van der Waals surface area contributed by atoms with Crippen LogP contribution in [0, 0.1) is 0 Å². The van der Waals surface area contributed by atoms with E-state index in [1.165, 1.54) is 50.2 Å². The average molecular weight is 1090 g/mol. The van der Waals surface area contributed by atoms with Crippen LogP contribution in [0.3, 0.4) is 0 Å². The van der Waals surface area contributed by atoms with Crippen molar-refractivity contribution in [2.45, 2.75) is 19.3 Å². The Morgan fingerprint density at radius 2 is 0.729 bits per heavy atom. The van der Waals surface area contributed by atoms with Crippen molar-refractivity contribution >= 4 is 57.2 Å². The predicted molar refractivity (Wildman–Crippen MR) is 357 cm³/mol. The Bertz CT molecular complexity index is 4610. The summed E-state index contributed by atoms with van der Waals surface area (Å²) in [6, 6.07) is 114. The van der Waals surface area contributed by atoms with Crippen LogP contribution in [0.4, 0.5) is 34.1 Å². The quantitative estimate of drug-likeness (QED) is 0.134. The van der Waals surface area contributed by atoms with Gasteiger partial charge in [0.1, 0.15) is 11.5 Å². The highest BCUT2D eigenvalue weighted by Gasteiger charge is 2.44. The summed E-state index contributed by atoms with van der Waals surface area (Å²) in [5.74, 6) is 1.71. The number of benzene rings is 13. The second-order valence-electron chi connectivity index (χ2n) is 23.2. The lowest BCUT2D eigenvalue weighted by Gasteiger charge is -2.43. The summed E-state index contributed by atoms with van der Waals surface area (Å²) in [7, 11) is 0. The van der Waals surface area contributed by atoms with Gasteiger partial charge in [-0.15, -0.1) is 0 Å². The van der Waals surface area contributed by atoms with Gasteiger partial charge in [0.15, 0.2) is 0 Å². The van der Waals surface area contributed by atoms with Crippen molar-refractivity contribution in [1.82, 2.24) is 0 Å². The topological polar surface area (TPSA) is 15.7 Å². The summed E-state index contributed by atoms with van der Waals surface area (Å²) in [4.78, 5) is 5.04. The van der Waals surface area contributed by atoms with Gasteiger partial charge in [0.25, 0.3) is 6.71 Å². The van der Waals surface area contributed by atoms with Crippen LogP contribution in [0.1, 0.15) is 25.0 Å². The number of rotatable bonds is 9. The van der Waals surface area contributed by atoms with E-state index in [2.05, 4.69) is 333 Å². The molecule has 4 heteroatoms. The summed E-state index contributed by atoms with van der Waals surface area (Å²) in [6.45, 7) is 4.57. The molecule has 3 aliphatic rings. The fraction of sp³-hybridized carbons (Fsp3) is 0.0370. The van der Waals surface area contributed by atoms with Crippen molar-refractivity contribution in [3.8, 4) is 89.4 Å². The number of fused-ring (bicyclic) bond motifs is 6. The second-order valence-corrected chi connectivity index (χ2v) is 23.2. The Morgan fingerprint density at radius 1 is 0.282 bits per heavy atom. The zero-order valence-corrected chi connectivity index (χ0v) is 47.3. The first-order valence-corrected chi connectivity index (χ1v) is 29.5. The molecule has 0 bridgehead atoms. The van der Waals surface area contributed by atoms with Crippen molar-refractivity contribution in [2.24, 2.45) is 0 Å². The molecule has 3 nitrogen and oxygen atoms in total. The Morgan fingerprint density at radius 3 is 1.32 bits per heavy atom. The van der Waals surface area contributed by atoms with Crippen molar-refractivity contribution in [2.75, 3.05) is 9.80 Å². The largest absolute Gasteiger partial charge is 0.458 e. The Balaban J connectivity index is 0.991. The van der Waals surface area contributed by atoms with Crippen LogP contribution in [0.25, 0.3) is 77.9 Å². The maximum atomic E-state index is 7.49. The zero-order valence-electron chi connectivity index (χ0n) is 47.3. The number of para-hydroxylation sites is 3. The molecule has 85 heavy (non-hydrogen) atoms. The van der Waals surface area contributed by atoms with Crippen molar-refractivity contribution in [3.05, 3.63) is 321 Å². The smallest absolute Gasteiger partial charge is 0.256 e. The molecule has 13 aromatic rings. The Labute approximate surface area is 498 Å². The van der Waals surface area contributed by atoms with Gasteiger partial charge in [0.05, 0.1) is 17.1 Å². The molecule has 13 aromatic carbocycles. The molecule has 0 unspecified atom stereocenters. The van der Waals surface area contributed by atoms with Crippen LogP contribution in [-0.2, 0) is 5.41 Å². The van der Waals surface area contributed by atoms with Crippen molar-refractivity contribution in [3.63, 3.8) is 0 Å². The maximum absolute atomic E-state index is 7.49. The van der Waals surface area contributed by atoms with E-state index in [9.17, 15) is 0 Å². The fourth-order valence-corrected chi connectivity index (χ4v) is 13.8. The van der Waals surface area contributed by atoms with Gasteiger partial charge in [-0.05, 0) is 161 Å². The average Bonchev–Trinajstić information content (AvgIpc) is 1.21. The van der Waals surface area contributed by atoms with Crippen LogP contribution in [0.2, 0.25) is 0 Å². The lowest BCUT2D eigenvalue weighted by atomic mass is 9.34. The predicted octanol–water partition coefficient (Wildman–Crippen LogP) is 19.9. The monoisotopic (exact) mass is 1080 g/mol. The third-order valence-electron chi connectivity index (χ3n) is 17.9. The molecule has 0 fully saturated rings. The molecule has 0 atom stereocenters. The Kier molecular flexibility index (Phi) is 12.0. The maximum Gasteiger partial charge on any atom is 0.256 e. The van der Waals surface area contributed by atoms with Crippen LogP contribution < -0.4 is 30.9 Å². The van der Waals surface area contributed by atoms with Gasteiger partial charge in [0, 0.05) is 33.6 Å². The lowest BCUT2D eigenvalue weighted by molar-refractivity contribution is 0.488. The molecule has 0 saturated carbocycles. The van der Waals surface area contributed by atoms with Gasteiger partial charge < -0.3 is 14.5 Å². The molecule has 0 aliphatic carbocycles. The second kappa shape index (κ2) is 20.3. The molecular weight excluding hydrogens is 1030 g/mol. The van der Waals surface area contributed by atoms with Gasteiger partial charge in [-0.2, -0.15) is 0 Å². The molecule has 16 rings (SSSR count). The van der Waals surface area contributed by atoms with E-state index in [4.69, 9.17) is 4.74 Å². The summed E-state index contributed by atoms with van der Waals surface area (Å²) in [5, 5.41) is 0. The van der Waals surface area contributed by atoms with Crippen LogP contribution in [0.5, 0.6) is 11.5 Å². The number of hydrogen-bond donors (Lipinski definition) is 0. The van der Waals surface area contributed by atoms with E-state index < -0.39 is 0 Å². The highest BCUT2D eigenvalue weighted by molar-refractivity contribution is 6.99. The molecule has 400 valence electrons. The van der Waals surface area contributed by atoms with Crippen LogP contribution in [-0.4, -0.2) is 6.71 Å². The van der Waals surface area contributed by atoms with E-state index in [0.717, 1.165) is 101 Å². The molecule has 0 aromatic heterocycles. The summed E-state index contributed by atoms with van der Waals surface area (Å²) in [5.41, 5.74) is 28.5. The highest BCUT2D eigenvalue weighted by Crippen LogP contribution is 2.55. The van der Waals surface area contributed by atoms with E-state index in [1.807, 2.05) is 0 Å².